The van der Waals surface area contributed by atoms with Crippen molar-refractivity contribution in [2.45, 2.75) is 38.0 Å². The van der Waals surface area contributed by atoms with Crippen molar-refractivity contribution in [2.75, 3.05) is 10.3 Å². The van der Waals surface area contributed by atoms with E-state index in [2.05, 4.69) is 5.43 Å². The molecule has 2 heterocycles. The predicted octanol–water partition coefficient (Wildman–Crippen LogP) is 8.01. The number of nitrogens with one attached hydrogen (secondary N) is 1. The lowest BCUT2D eigenvalue weighted by Crippen LogP contribution is -2.53. The number of hydrogen-bond donors (Lipinski definition) is 2. The first-order valence-electron chi connectivity index (χ1n) is 17.9. The van der Waals surface area contributed by atoms with Gasteiger partial charge in [-0.05, 0) is 84.8 Å². The third-order valence-electron chi connectivity index (χ3n) is 12.0. The average molecular weight is 722 g/mol. The van der Waals surface area contributed by atoms with Crippen molar-refractivity contribution in [2.24, 2.45) is 23.7 Å². The van der Waals surface area contributed by atoms with Crippen molar-refractivity contribution < 1.29 is 24.3 Å². The van der Waals surface area contributed by atoms with Gasteiger partial charge in [0, 0.05) is 16.5 Å². The Hall–Kier alpha value is -5.73. The Kier molecular flexibility index (Phi) is 7.61. The average Bonchev–Trinajstić information content (AvgIpc) is 3.55. The van der Waals surface area contributed by atoms with Gasteiger partial charge >= 0.3 is 0 Å². The first-order valence-corrected chi connectivity index (χ1v) is 18.3. The number of carbonyl (C=O) groups is 4. The van der Waals surface area contributed by atoms with Crippen molar-refractivity contribution in [3.8, 4) is 5.75 Å². The zero-order valence-electron chi connectivity index (χ0n) is 29.1. The summed E-state index contributed by atoms with van der Waals surface area (Å²) in [6.45, 7) is 3.82. The van der Waals surface area contributed by atoms with Gasteiger partial charge in [0.1, 0.15) is 5.75 Å². The molecule has 1 saturated carbocycles. The van der Waals surface area contributed by atoms with Gasteiger partial charge in [0.25, 0.3) is 11.8 Å². The Morgan fingerprint density at radius 3 is 2.28 bits per heavy atom. The molecule has 8 nitrogen and oxygen atoms in total. The molecular formula is C44H36ClN3O5. The summed E-state index contributed by atoms with van der Waals surface area (Å²) in [4.78, 5) is 60.5. The second-order valence-corrected chi connectivity index (χ2v) is 15.2. The Balaban J connectivity index is 1.28. The van der Waals surface area contributed by atoms with Crippen LogP contribution in [0.1, 0.15) is 41.0 Å². The number of benzene rings is 5. The number of hydrazine groups is 1. The number of allylic oxidation sites excluding steroid dienone is 2. The fourth-order valence-corrected chi connectivity index (χ4v) is 9.80. The van der Waals surface area contributed by atoms with E-state index >= 15 is 4.79 Å². The van der Waals surface area contributed by atoms with Crippen LogP contribution < -0.4 is 10.3 Å². The highest BCUT2D eigenvalue weighted by Crippen LogP contribution is 2.65. The van der Waals surface area contributed by atoms with Crippen LogP contribution in [0.3, 0.4) is 0 Å². The molecule has 6 unspecified atom stereocenters. The van der Waals surface area contributed by atoms with Crippen molar-refractivity contribution in [3.05, 3.63) is 148 Å². The fourth-order valence-electron chi connectivity index (χ4n) is 9.62. The highest BCUT2D eigenvalue weighted by Gasteiger charge is 2.70. The number of imide groups is 2. The van der Waals surface area contributed by atoms with Gasteiger partial charge in [0.15, 0.2) is 0 Å². The number of halogens is 1. The van der Waals surface area contributed by atoms with Gasteiger partial charge in [-0.2, -0.15) is 5.01 Å². The Labute approximate surface area is 311 Å². The smallest absolute Gasteiger partial charge is 0.260 e. The summed E-state index contributed by atoms with van der Waals surface area (Å²) in [5, 5.41) is 15.1. The zero-order valence-corrected chi connectivity index (χ0v) is 29.9. The van der Waals surface area contributed by atoms with Crippen LogP contribution in [0, 0.1) is 37.5 Å². The van der Waals surface area contributed by atoms with E-state index in [0.717, 1.165) is 32.5 Å². The molecule has 4 amide bonds. The van der Waals surface area contributed by atoms with Gasteiger partial charge in [-0.25, -0.2) is 4.90 Å². The summed E-state index contributed by atoms with van der Waals surface area (Å²) in [6.07, 6.45) is 2.42. The number of hydrogen-bond acceptors (Lipinski definition) is 6. The maximum Gasteiger partial charge on any atom is 0.260 e. The van der Waals surface area contributed by atoms with Gasteiger partial charge in [-0.3, -0.25) is 24.6 Å². The van der Waals surface area contributed by atoms with Crippen LogP contribution in [0.5, 0.6) is 5.75 Å². The summed E-state index contributed by atoms with van der Waals surface area (Å²) in [5.41, 5.74) is 6.41. The molecule has 3 fully saturated rings. The second-order valence-electron chi connectivity index (χ2n) is 14.8. The van der Waals surface area contributed by atoms with Crippen molar-refractivity contribution in [1.82, 2.24) is 5.01 Å². The number of fused-ring (bicyclic) bond motifs is 5. The van der Waals surface area contributed by atoms with Gasteiger partial charge < -0.3 is 5.11 Å². The number of aromatic hydroxyl groups is 1. The molecule has 9 rings (SSSR count). The molecule has 0 radical (unpaired) electrons. The van der Waals surface area contributed by atoms with Gasteiger partial charge in [0.2, 0.25) is 11.8 Å². The summed E-state index contributed by atoms with van der Waals surface area (Å²) in [6, 6.07) is 33.1. The maximum atomic E-state index is 15.5. The lowest BCUT2D eigenvalue weighted by Gasteiger charge is -2.51. The molecular weight excluding hydrogens is 686 g/mol. The van der Waals surface area contributed by atoms with Crippen LogP contribution in [0.2, 0.25) is 5.02 Å². The molecule has 5 aromatic carbocycles. The second kappa shape index (κ2) is 12.2. The van der Waals surface area contributed by atoms with Gasteiger partial charge in [-0.15, -0.1) is 0 Å². The van der Waals surface area contributed by atoms with E-state index in [-0.39, 0.29) is 30.4 Å². The van der Waals surface area contributed by atoms with Crippen LogP contribution in [0.15, 0.2) is 121 Å². The fraction of sp³-hybridized carbons (Fsp3) is 0.227. The Morgan fingerprint density at radius 2 is 1.53 bits per heavy atom. The molecule has 264 valence electrons. The number of phenolic OH excluding ortho intramolecular Hbond substituents is 1. The van der Waals surface area contributed by atoms with Crippen molar-refractivity contribution in [1.29, 1.82) is 0 Å². The van der Waals surface area contributed by atoms with Crippen molar-refractivity contribution >= 4 is 57.4 Å². The molecule has 6 atom stereocenters. The number of anilines is 2. The number of carbonyl (C=O) groups excluding carboxylic acids is 4. The quantitative estimate of drug-likeness (QED) is 0.141. The number of phenols is 1. The third kappa shape index (κ3) is 4.74. The zero-order chi connectivity index (χ0) is 36.8. The molecule has 53 heavy (non-hydrogen) atoms. The molecule has 2 saturated heterocycles. The maximum absolute atomic E-state index is 15.5. The molecule has 0 aromatic heterocycles. The Bertz CT molecular complexity index is 2410. The topological polar surface area (TPSA) is 107 Å². The highest BCUT2D eigenvalue weighted by atomic mass is 35.5. The van der Waals surface area contributed by atoms with Crippen LogP contribution >= 0.6 is 11.6 Å². The summed E-state index contributed by atoms with van der Waals surface area (Å²) in [7, 11) is 0. The van der Waals surface area contributed by atoms with E-state index in [1.54, 1.807) is 24.3 Å². The predicted molar refractivity (Wildman–Crippen MR) is 203 cm³/mol. The minimum atomic E-state index is -1.50. The first-order chi connectivity index (χ1) is 25.6. The number of amides is 4. The van der Waals surface area contributed by atoms with E-state index in [1.165, 1.54) is 4.90 Å². The SMILES string of the molecule is Cc1ccc(NN2C(=O)C3CC4C(=CCC5C(=O)N(c6ccc(C)c(Cl)c6)C(=O)C54)C(c4c(O)ccc5ccccc45)C3(c3ccccc3)C2=O)cc1. The van der Waals surface area contributed by atoms with E-state index < -0.39 is 46.8 Å². The number of nitrogens with zero attached hydrogens (tertiary/aromatic N) is 2. The molecule has 4 aliphatic rings. The van der Waals surface area contributed by atoms with Crippen molar-refractivity contribution in [3.63, 3.8) is 0 Å². The molecule has 2 aliphatic carbocycles. The summed E-state index contributed by atoms with van der Waals surface area (Å²) in [5.74, 6) is -5.34. The van der Waals surface area contributed by atoms with Gasteiger partial charge in [0.05, 0.1) is 34.5 Å². The lowest BCUT2D eigenvalue weighted by molar-refractivity contribution is -0.138. The monoisotopic (exact) mass is 721 g/mol. The van der Waals surface area contributed by atoms with E-state index in [9.17, 15) is 19.5 Å². The summed E-state index contributed by atoms with van der Waals surface area (Å²) < 4.78 is 0. The summed E-state index contributed by atoms with van der Waals surface area (Å²) >= 11 is 6.48. The highest BCUT2D eigenvalue weighted by molar-refractivity contribution is 6.32. The lowest BCUT2D eigenvalue weighted by atomic mass is 9.48. The molecule has 2 N–H and O–H groups in total. The molecule has 0 bridgehead atoms. The van der Waals surface area contributed by atoms with Crippen LogP contribution in [-0.4, -0.2) is 33.7 Å². The van der Waals surface area contributed by atoms with Crippen LogP contribution in [0.4, 0.5) is 11.4 Å². The minimum absolute atomic E-state index is 0.0126. The number of rotatable bonds is 5. The van der Waals surface area contributed by atoms with E-state index in [1.807, 2.05) is 105 Å². The number of aryl methyl sites for hydroxylation is 2. The molecule has 2 aliphatic heterocycles. The van der Waals surface area contributed by atoms with Crippen LogP contribution in [0.25, 0.3) is 10.8 Å². The van der Waals surface area contributed by atoms with E-state index in [4.69, 9.17) is 11.6 Å². The molecule has 9 heteroatoms. The van der Waals surface area contributed by atoms with E-state index in [0.29, 0.717) is 27.5 Å². The first kappa shape index (κ1) is 33.1. The van der Waals surface area contributed by atoms with Gasteiger partial charge in [-0.1, -0.05) is 108 Å². The molecule has 0 spiro atoms. The largest absolute Gasteiger partial charge is 0.508 e. The standard InChI is InChI=1S/C44H36ClN3O5/c1-24-12-16-28(17-13-24)46-48-41(51)34-23-33-31(19-20-32-37(33)42(52)47(40(32)50)29-18-14-25(2)35(45)22-29)39(44(34,43(48)53)27-9-4-3-5-10-27)38-30-11-7-6-8-26(30)15-21-36(38)49/h3-19,21-22,32-34,37,39,46,49H,20,23H2,1-2H3. The third-order valence-corrected chi connectivity index (χ3v) is 12.5. The Morgan fingerprint density at radius 1 is 0.792 bits per heavy atom. The molecule has 5 aromatic rings. The minimum Gasteiger partial charge on any atom is -0.508 e. The van der Waals surface area contributed by atoms with Crippen LogP contribution in [-0.2, 0) is 24.6 Å². The normalized spacial score (nSPS) is 26.4.